The molecule has 0 aliphatic carbocycles. The molecule has 3 aromatic rings. The largest absolute Gasteiger partial charge is 0.328 e. The van der Waals surface area contributed by atoms with Gasteiger partial charge in [0.25, 0.3) is 5.91 Å². The van der Waals surface area contributed by atoms with Crippen LogP contribution in [0.25, 0.3) is 0 Å². The van der Waals surface area contributed by atoms with Gasteiger partial charge in [0.2, 0.25) is 15.7 Å². The zero-order chi connectivity index (χ0) is 27.0. The number of carbonyl (C=O) groups is 3. The summed E-state index contributed by atoms with van der Waals surface area (Å²) in [6, 6.07) is 18.2. The summed E-state index contributed by atoms with van der Waals surface area (Å²) in [5.41, 5.74) is 8.58. The molecule has 0 spiro atoms. The minimum absolute atomic E-state index is 0.0784. The van der Waals surface area contributed by atoms with E-state index in [4.69, 9.17) is 5.73 Å². The van der Waals surface area contributed by atoms with E-state index < -0.39 is 33.3 Å². The SMILES string of the molecule is CC(N)C(=O)Nc1ccc(C(=O)N2CCc3cc(S(=O)(=O)[C@@H]4NC(=O)NC4c4ccccc4)ccc32)cc1. The van der Waals surface area contributed by atoms with Gasteiger partial charge in [-0.2, -0.15) is 0 Å². The third-order valence-electron chi connectivity index (χ3n) is 6.69. The second-order valence-electron chi connectivity index (χ2n) is 9.32. The van der Waals surface area contributed by atoms with Gasteiger partial charge in [-0.15, -0.1) is 0 Å². The monoisotopic (exact) mass is 533 g/mol. The van der Waals surface area contributed by atoms with Gasteiger partial charge in [0.15, 0.2) is 5.37 Å². The molecule has 1 fully saturated rings. The second-order valence-corrected chi connectivity index (χ2v) is 11.4. The Labute approximate surface area is 220 Å². The third-order valence-corrected chi connectivity index (χ3v) is 8.66. The lowest BCUT2D eigenvalue weighted by molar-refractivity contribution is -0.117. The Morgan fingerprint density at radius 2 is 1.74 bits per heavy atom. The molecule has 2 heterocycles. The number of carbonyl (C=O) groups excluding carboxylic acids is 3. The molecule has 10 nitrogen and oxygen atoms in total. The average molecular weight is 534 g/mol. The predicted molar refractivity (Wildman–Crippen MR) is 142 cm³/mol. The molecule has 1 saturated heterocycles. The smallest absolute Gasteiger partial charge is 0.316 e. The number of nitrogens with zero attached hydrogens (tertiary/aromatic N) is 1. The Morgan fingerprint density at radius 1 is 1.03 bits per heavy atom. The van der Waals surface area contributed by atoms with Crippen molar-refractivity contribution in [1.29, 1.82) is 0 Å². The van der Waals surface area contributed by atoms with Gasteiger partial charge in [-0.25, -0.2) is 13.2 Å². The van der Waals surface area contributed by atoms with Crippen LogP contribution in [0.1, 0.15) is 34.5 Å². The Morgan fingerprint density at radius 3 is 2.42 bits per heavy atom. The molecule has 0 radical (unpaired) electrons. The van der Waals surface area contributed by atoms with Crippen molar-refractivity contribution in [3.8, 4) is 0 Å². The van der Waals surface area contributed by atoms with Crippen molar-refractivity contribution in [2.45, 2.75) is 35.7 Å². The maximum Gasteiger partial charge on any atom is 0.316 e. The molecule has 0 bridgehead atoms. The van der Waals surface area contributed by atoms with Crippen LogP contribution in [0.4, 0.5) is 16.2 Å². The normalized spacial score (nSPS) is 19.3. The van der Waals surface area contributed by atoms with Crippen molar-refractivity contribution >= 4 is 39.1 Å². The van der Waals surface area contributed by atoms with Crippen LogP contribution in [0.3, 0.4) is 0 Å². The minimum Gasteiger partial charge on any atom is -0.328 e. The van der Waals surface area contributed by atoms with Crippen molar-refractivity contribution in [1.82, 2.24) is 10.6 Å². The van der Waals surface area contributed by atoms with Crippen molar-refractivity contribution in [3.05, 3.63) is 89.5 Å². The van der Waals surface area contributed by atoms with E-state index in [9.17, 15) is 22.8 Å². The van der Waals surface area contributed by atoms with Crippen LogP contribution < -0.4 is 26.6 Å². The lowest BCUT2D eigenvalue weighted by atomic mass is 10.1. The van der Waals surface area contributed by atoms with Gasteiger partial charge in [0.1, 0.15) is 0 Å². The summed E-state index contributed by atoms with van der Waals surface area (Å²) < 4.78 is 27.2. The van der Waals surface area contributed by atoms with E-state index in [0.717, 1.165) is 5.56 Å². The van der Waals surface area contributed by atoms with Crippen molar-refractivity contribution < 1.29 is 22.8 Å². The number of fused-ring (bicyclic) bond motifs is 1. The minimum atomic E-state index is -3.94. The first-order chi connectivity index (χ1) is 18.1. The number of sulfone groups is 1. The molecule has 11 heteroatoms. The summed E-state index contributed by atoms with van der Waals surface area (Å²) in [6.45, 7) is 1.98. The zero-order valence-corrected chi connectivity index (χ0v) is 21.4. The number of benzene rings is 3. The van der Waals surface area contributed by atoms with Crippen LogP contribution in [0.5, 0.6) is 0 Å². The fourth-order valence-electron chi connectivity index (χ4n) is 4.67. The van der Waals surface area contributed by atoms with Gasteiger partial charge in [-0.3, -0.25) is 9.59 Å². The van der Waals surface area contributed by atoms with Crippen LogP contribution in [-0.4, -0.2) is 44.2 Å². The second kappa shape index (κ2) is 9.92. The molecule has 2 unspecified atom stereocenters. The van der Waals surface area contributed by atoms with Gasteiger partial charge < -0.3 is 26.6 Å². The molecule has 2 aliphatic rings. The number of hydrogen-bond acceptors (Lipinski definition) is 6. The predicted octanol–water partition coefficient (Wildman–Crippen LogP) is 2.33. The van der Waals surface area contributed by atoms with Crippen molar-refractivity contribution in [2.75, 3.05) is 16.8 Å². The Hall–Kier alpha value is -4.22. The maximum atomic E-state index is 13.6. The number of amides is 4. The van der Waals surface area contributed by atoms with Crippen molar-refractivity contribution in [2.24, 2.45) is 5.73 Å². The topological polar surface area (TPSA) is 151 Å². The van der Waals surface area contributed by atoms with Crippen LogP contribution in [0.2, 0.25) is 0 Å². The number of urea groups is 1. The van der Waals surface area contributed by atoms with Gasteiger partial charge in [-0.1, -0.05) is 30.3 Å². The van der Waals surface area contributed by atoms with Gasteiger partial charge in [-0.05, 0) is 66.9 Å². The average Bonchev–Trinajstić information content (AvgIpc) is 3.53. The summed E-state index contributed by atoms with van der Waals surface area (Å²) in [7, 11) is -3.94. The fraction of sp³-hybridized carbons (Fsp3) is 0.222. The first-order valence-corrected chi connectivity index (χ1v) is 13.7. The van der Waals surface area contributed by atoms with Crippen LogP contribution in [-0.2, 0) is 21.1 Å². The summed E-state index contributed by atoms with van der Waals surface area (Å²) >= 11 is 0. The molecule has 3 aromatic carbocycles. The van der Waals surface area contributed by atoms with Crippen LogP contribution in [0, 0.1) is 0 Å². The first kappa shape index (κ1) is 25.4. The summed E-state index contributed by atoms with van der Waals surface area (Å²) in [6.07, 6.45) is 0.490. The Balaban J connectivity index is 1.36. The van der Waals surface area contributed by atoms with Gasteiger partial charge in [0.05, 0.1) is 17.0 Å². The van der Waals surface area contributed by atoms with Crippen LogP contribution in [0.15, 0.2) is 77.7 Å². The molecular weight excluding hydrogens is 506 g/mol. The number of nitrogens with two attached hydrogens (primary N) is 1. The van der Waals surface area contributed by atoms with E-state index in [1.807, 2.05) is 6.07 Å². The molecule has 3 atom stereocenters. The highest BCUT2D eigenvalue weighted by Crippen LogP contribution is 2.34. The quantitative estimate of drug-likeness (QED) is 0.382. The third kappa shape index (κ3) is 4.73. The molecule has 0 aromatic heterocycles. The molecule has 5 N–H and O–H groups in total. The van der Waals surface area contributed by atoms with E-state index in [1.54, 1.807) is 72.5 Å². The molecule has 38 heavy (non-hydrogen) atoms. The molecule has 5 rings (SSSR count). The highest BCUT2D eigenvalue weighted by molar-refractivity contribution is 7.92. The van der Waals surface area contributed by atoms with E-state index in [0.29, 0.717) is 35.5 Å². The number of hydrogen-bond donors (Lipinski definition) is 4. The van der Waals surface area contributed by atoms with E-state index in [1.165, 1.54) is 6.07 Å². The number of nitrogens with one attached hydrogen (secondary N) is 3. The lowest BCUT2D eigenvalue weighted by Crippen LogP contribution is -2.36. The Bertz CT molecular complexity index is 1510. The zero-order valence-electron chi connectivity index (χ0n) is 20.5. The standard InChI is InChI=1S/C27H27N5O5S/c1-16(28)24(33)29-20-9-7-18(8-10-20)26(34)32-14-13-19-15-21(11-12-22(19)32)38(36,37)25-23(30-27(35)31-25)17-5-3-2-4-6-17/h2-12,15-16,23,25H,13-14,28H2,1H3,(H,29,33)(H2,30,31,35)/t16?,23?,25-/m0/s1. The van der Waals surface area contributed by atoms with E-state index >= 15 is 0 Å². The first-order valence-electron chi connectivity index (χ1n) is 12.1. The molecule has 196 valence electrons. The number of anilines is 2. The molecule has 0 saturated carbocycles. The Kier molecular flexibility index (Phi) is 6.64. The highest BCUT2D eigenvalue weighted by atomic mass is 32.2. The number of rotatable bonds is 6. The van der Waals surface area contributed by atoms with E-state index in [2.05, 4.69) is 16.0 Å². The highest BCUT2D eigenvalue weighted by Gasteiger charge is 2.43. The summed E-state index contributed by atoms with van der Waals surface area (Å²) in [4.78, 5) is 38.8. The lowest BCUT2D eigenvalue weighted by Gasteiger charge is -2.20. The summed E-state index contributed by atoms with van der Waals surface area (Å²) in [5, 5.41) is 6.75. The molecular formula is C27H27N5O5S. The maximum absolute atomic E-state index is 13.6. The van der Waals surface area contributed by atoms with E-state index in [-0.39, 0.29) is 16.7 Å². The van der Waals surface area contributed by atoms with Gasteiger partial charge >= 0.3 is 6.03 Å². The summed E-state index contributed by atoms with van der Waals surface area (Å²) in [5.74, 6) is -0.563. The van der Waals surface area contributed by atoms with Crippen LogP contribution >= 0.6 is 0 Å². The fourth-order valence-corrected chi connectivity index (χ4v) is 6.37. The molecule has 2 aliphatic heterocycles. The van der Waals surface area contributed by atoms with Crippen molar-refractivity contribution in [3.63, 3.8) is 0 Å². The molecule has 4 amide bonds. The van der Waals surface area contributed by atoms with Gasteiger partial charge in [0, 0.05) is 23.5 Å².